The van der Waals surface area contributed by atoms with Gasteiger partial charge in [0.1, 0.15) is 0 Å². The largest absolute Gasteiger partial charge is 0.372 e. The third kappa shape index (κ3) is 4.79. The van der Waals surface area contributed by atoms with Crippen LogP contribution in [0.5, 0.6) is 0 Å². The molecule has 2 aliphatic rings. The maximum atomic E-state index is 4.90. The summed E-state index contributed by atoms with van der Waals surface area (Å²) in [5.74, 6) is 1.32. The standard InChI is InChI=1S/C27H32N8/c1-3-7-20(8-4-1)17-29-25-24-26(35(19-30-24)23-13-14-28-18-23)33-27(32-25)31-21-9-11-22(12-10-21)34-15-5-2-6-16-34/h1,3-4,7-12,19,23,28H,2,5-6,13-18H2,(H2,29,31,32,33). The van der Waals surface area contributed by atoms with E-state index >= 15 is 0 Å². The minimum Gasteiger partial charge on any atom is -0.372 e. The summed E-state index contributed by atoms with van der Waals surface area (Å²) in [6.07, 6.45) is 6.86. The highest BCUT2D eigenvalue weighted by atomic mass is 15.2. The highest BCUT2D eigenvalue weighted by Gasteiger charge is 2.22. The SMILES string of the molecule is c1ccc(CNc2nc(Nc3ccc(N4CCCCC4)cc3)nc3c2ncn3C2CCNC2)cc1. The fraction of sp³-hybridized carbons (Fsp3) is 0.370. The summed E-state index contributed by atoms with van der Waals surface area (Å²) in [5.41, 5.74) is 5.12. The Morgan fingerprint density at radius 3 is 2.54 bits per heavy atom. The zero-order chi connectivity index (χ0) is 23.5. The van der Waals surface area contributed by atoms with Crippen molar-refractivity contribution < 1.29 is 0 Å². The van der Waals surface area contributed by atoms with Gasteiger partial charge in [0, 0.05) is 37.6 Å². The molecule has 0 bridgehead atoms. The van der Waals surface area contributed by atoms with Gasteiger partial charge in [0.25, 0.3) is 0 Å². The Morgan fingerprint density at radius 1 is 0.943 bits per heavy atom. The molecule has 35 heavy (non-hydrogen) atoms. The van der Waals surface area contributed by atoms with E-state index in [-0.39, 0.29) is 0 Å². The van der Waals surface area contributed by atoms with Crippen molar-refractivity contribution in [2.24, 2.45) is 0 Å². The Balaban J connectivity index is 1.29. The minimum atomic E-state index is 0.355. The number of fused-ring (bicyclic) bond motifs is 1. The van der Waals surface area contributed by atoms with Gasteiger partial charge in [0.15, 0.2) is 17.0 Å². The molecule has 0 spiro atoms. The van der Waals surface area contributed by atoms with Crippen molar-refractivity contribution in [2.75, 3.05) is 41.7 Å². The van der Waals surface area contributed by atoms with Crippen LogP contribution < -0.4 is 20.9 Å². The van der Waals surface area contributed by atoms with Crippen molar-refractivity contribution in [3.05, 3.63) is 66.5 Å². The molecule has 4 aromatic rings. The summed E-state index contributed by atoms with van der Waals surface area (Å²) in [4.78, 5) is 16.9. The zero-order valence-corrected chi connectivity index (χ0v) is 20.0. The van der Waals surface area contributed by atoms with Crippen LogP contribution in [-0.2, 0) is 6.54 Å². The van der Waals surface area contributed by atoms with E-state index in [0.717, 1.165) is 55.3 Å². The molecule has 2 fully saturated rings. The molecule has 0 saturated carbocycles. The Labute approximate surface area is 205 Å². The predicted molar refractivity (Wildman–Crippen MR) is 141 cm³/mol. The second kappa shape index (κ2) is 9.92. The lowest BCUT2D eigenvalue weighted by molar-refractivity contribution is 0.558. The number of imidazole rings is 1. The first kappa shape index (κ1) is 21.9. The van der Waals surface area contributed by atoms with Crippen molar-refractivity contribution in [1.29, 1.82) is 0 Å². The molecule has 1 atom stereocenters. The molecular formula is C27H32N8. The van der Waals surface area contributed by atoms with Crippen molar-refractivity contribution in [1.82, 2.24) is 24.8 Å². The van der Waals surface area contributed by atoms with Gasteiger partial charge < -0.3 is 25.4 Å². The summed E-state index contributed by atoms with van der Waals surface area (Å²) < 4.78 is 2.19. The number of rotatable bonds is 7. The van der Waals surface area contributed by atoms with E-state index in [1.165, 1.54) is 30.5 Å². The van der Waals surface area contributed by atoms with Crippen LogP contribution in [0.1, 0.15) is 37.3 Å². The van der Waals surface area contributed by atoms with Crippen LogP contribution >= 0.6 is 0 Å². The highest BCUT2D eigenvalue weighted by Crippen LogP contribution is 2.28. The molecule has 3 N–H and O–H groups in total. The van der Waals surface area contributed by atoms with Gasteiger partial charge in [-0.3, -0.25) is 0 Å². The molecule has 0 radical (unpaired) electrons. The van der Waals surface area contributed by atoms with E-state index in [9.17, 15) is 0 Å². The second-order valence-corrected chi connectivity index (χ2v) is 9.43. The van der Waals surface area contributed by atoms with Crippen molar-refractivity contribution in [2.45, 2.75) is 38.3 Å². The average molecular weight is 469 g/mol. The number of nitrogens with one attached hydrogen (secondary N) is 3. The fourth-order valence-corrected chi connectivity index (χ4v) is 5.06. The molecule has 2 aromatic carbocycles. The Hall–Kier alpha value is -3.65. The topological polar surface area (TPSA) is 82.9 Å². The van der Waals surface area contributed by atoms with Gasteiger partial charge in [-0.2, -0.15) is 9.97 Å². The molecular weight excluding hydrogens is 436 g/mol. The van der Waals surface area contributed by atoms with Crippen LogP contribution in [0.25, 0.3) is 11.2 Å². The molecule has 0 amide bonds. The molecule has 6 rings (SSSR count). The van der Waals surface area contributed by atoms with Crippen LogP contribution in [0.2, 0.25) is 0 Å². The highest BCUT2D eigenvalue weighted by molar-refractivity contribution is 5.85. The number of aromatic nitrogens is 4. The Morgan fingerprint density at radius 2 is 1.77 bits per heavy atom. The van der Waals surface area contributed by atoms with E-state index in [1.807, 2.05) is 12.4 Å². The first-order valence-electron chi connectivity index (χ1n) is 12.7. The average Bonchev–Trinajstić information content (AvgIpc) is 3.59. The van der Waals surface area contributed by atoms with Gasteiger partial charge in [-0.05, 0) is 62.1 Å². The lowest BCUT2D eigenvalue weighted by Gasteiger charge is -2.28. The molecule has 0 aliphatic carbocycles. The second-order valence-electron chi connectivity index (χ2n) is 9.43. The third-order valence-corrected chi connectivity index (χ3v) is 7.00. The number of benzene rings is 2. The monoisotopic (exact) mass is 468 g/mol. The smallest absolute Gasteiger partial charge is 0.231 e. The first-order chi connectivity index (χ1) is 17.3. The lowest BCUT2D eigenvalue weighted by Crippen LogP contribution is -2.29. The third-order valence-electron chi connectivity index (χ3n) is 7.00. The van der Waals surface area contributed by atoms with E-state index in [1.54, 1.807) is 0 Å². The quantitative estimate of drug-likeness (QED) is 0.362. The molecule has 1 unspecified atom stereocenters. The van der Waals surface area contributed by atoms with E-state index < -0.39 is 0 Å². The van der Waals surface area contributed by atoms with Gasteiger partial charge in [-0.15, -0.1) is 0 Å². The van der Waals surface area contributed by atoms with Crippen molar-refractivity contribution >= 4 is 34.3 Å². The van der Waals surface area contributed by atoms with E-state index in [2.05, 4.69) is 73.9 Å². The predicted octanol–water partition coefficient (Wildman–Crippen LogP) is 4.71. The summed E-state index contributed by atoms with van der Waals surface area (Å²) in [6, 6.07) is 19.3. The Bertz CT molecular complexity index is 1260. The van der Waals surface area contributed by atoms with Gasteiger partial charge in [0.2, 0.25) is 5.95 Å². The number of hydrogen-bond donors (Lipinski definition) is 3. The summed E-state index contributed by atoms with van der Waals surface area (Å²) in [5, 5.41) is 10.4. The summed E-state index contributed by atoms with van der Waals surface area (Å²) in [7, 11) is 0. The molecule has 4 heterocycles. The number of hydrogen-bond acceptors (Lipinski definition) is 7. The summed E-state index contributed by atoms with van der Waals surface area (Å²) in [6.45, 7) is 4.91. The summed E-state index contributed by atoms with van der Waals surface area (Å²) >= 11 is 0. The molecule has 8 heteroatoms. The fourth-order valence-electron chi connectivity index (χ4n) is 5.06. The molecule has 180 valence electrons. The van der Waals surface area contributed by atoms with Crippen LogP contribution in [0, 0.1) is 0 Å². The van der Waals surface area contributed by atoms with Gasteiger partial charge in [-0.25, -0.2) is 4.98 Å². The zero-order valence-electron chi connectivity index (χ0n) is 20.0. The van der Waals surface area contributed by atoms with Gasteiger partial charge in [-0.1, -0.05) is 30.3 Å². The lowest BCUT2D eigenvalue weighted by atomic mass is 10.1. The van der Waals surface area contributed by atoms with Crippen LogP contribution in [-0.4, -0.2) is 45.7 Å². The van der Waals surface area contributed by atoms with E-state index in [4.69, 9.17) is 15.0 Å². The molecule has 2 aliphatic heterocycles. The van der Waals surface area contributed by atoms with Crippen LogP contribution in [0.4, 0.5) is 23.1 Å². The molecule has 2 saturated heterocycles. The van der Waals surface area contributed by atoms with Crippen molar-refractivity contribution in [3.8, 4) is 0 Å². The van der Waals surface area contributed by atoms with E-state index in [0.29, 0.717) is 18.5 Å². The molecule has 2 aromatic heterocycles. The maximum Gasteiger partial charge on any atom is 0.231 e. The number of piperidine rings is 1. The van der Waals surface area contributed by atoms with Crippen LogP contribution in [0.15, 0.2) is 60.9 Å². The van der Waals surface area contributed by atoms with Crippen LogP contribution in [0.3, 0.4) is 0 Å². The van der Waals surface area contributed by atoms with Gasteiger partial charge in [0.05, 0.1) is 12.4 Å². The number of nitrogens with zero attached hydrogens (tertiary/aromatic N) is 5. The first-order valence-corrected chi connectivity index (χ1v) is 12.7. The number of anilines is 4. The Kier molecular flexibility index (Phi) is 6.19. The maximum absolute atomic E-state index is 4.90. The minimum absolute atomic E-state index is 0.355. The van der Waals surface area contributed by atoms with Crippen molar-refractivity contribution in [3.63, 3.8) is 0 Å². The van der Waals surface area contributed by atoms with Gasteiger partial charge >= 0.3 is 0 Å². The molecule has 8 nitrogen and oxygen atoms in total. The normalized spacial score (nSPS) is 18.2.